The largest absolute Gasteiger partial charge is 0.357 e. The van der Waals surface area contributed by atoms with Gasteiger partial charge in [-0.3, -0.25) is 0 Å². The van der Waals surface area contributed by atoms with Crippen molar-refractivity contribution >= 4 is 5.95 Å². The molecule has 0 atom stereocenters. The van der Waals surface area contributed by atoms with Crippen LogP contribution in [-0.4, -0.2) is 17.0 Å². The number of rotatable bonds is 2. The molecule has 0 amide bonds. The fraction of sp³-hybridized carbons (Fsp3) is 0.0833. The zero-order valence-corrected chi connectivity index (χ0v) is 8.81. The number of nitriles is 1. The van der Waals surface area contributed by atoms with Crippen LogP contribution in [0.2, 0.25) is 0 Å². The molecule has 4 nitrogen and oxygen atoms in total. The molecule has 0 spiro atoms. The molecule has 16 heavy (non-hydrogen) atoms. The molecule has 0 aliphatic carbocycles. The van der Waals surface area contributed by atoms with Crippen molar-refractivity contribution in [3.8, 4) is 17.2 Å². The summed E-state index contributed by atoms with van der Waals surface area (Å²) in [6, 6.07) is 9.54. The van der Waals surface area contributed by atoms with Crippen LogP contribution in [0.1, 0.15) is 5.56 Å². The van der Waals surface area contributed by atoms with Gasteiger partial charge < -0.3 is 5.32 Å². The number of aromatic nitrogens is 2. The normalized spacial score (nSPS) is 9.50. The average Bonchev–Trinajstić information content (AvgIpc) is 2.39. The number of hydrogen-bond acceptors (Lipinski definition) is 4. The van der Waals surface area contributed by atoms with Crippen molar-refractivity contribution in [2.75, 3.05) is 12.4 Å². The summed E-state index contributed by atoms with van der Waals surface area (Å²) < 4.78 is 0. The summed E-state index contributed by atoms with van der Waals surface area (Å²) in [4.78, 5) is 8.23. The first-order valence-corrected chi connectivity index (χ1v) is 4.84. The molecular weight excluding hydrogens is 200 g/mol. The molecular formula is C12H10N4. The molecule has 78 valence electrons. The van der Waals surface area contributed by atoms with Gasteiger partial charge >= 0.3 is 0 Å². The van der Waals surface area contributed by atoms with Crippen LogP contribution in [0.3, 0.4) is 0 Å². The second kappa shape index (κ2) is 4.41. The van der Waals surface area contributed by atoms with Gasteiger partial charge in [0.05, 0.1) is 11.6 Å². The highest BCUT2D eigenvalue weighted by Gasteiger charge is 2.04. The van der Waals surface area contributed by atoms with E-state index in [0.717, 1.165) is 11.1 Å². The van der Waals surface area contributed by atoms with Crippen molar-refractivity contribution in [2.45, 2.75) is 0 Å². The monoisotopic (exact) mass is 210 g/mol. The van der Waals surface area contributed by atoms with Gasteiger partial charge in [0.15, 0.2) is 0 Å². The molecule has 0 aliphatic heterocycles. The van der Waals surface area contributed by atoms with E-state index in [9.17, 15) is 0 Å². The van der Waals surface area contributed by atoms with Crippen molar-refractivity contribution < 1.29 is 0 Å². The Bertz CT molecular complexity index is 525. The summed E-state index contributed by atoms with van der Waals surface area (Å²) in [5, 5.41) is 11.8. The molecule has 0 saturated heterocycles. The van der Waals surface area contributed by atoms with Crippen molar-refractivity contribution in [1.82, 2.24) is 9.97 Å². The minimum atomic E-state index is 0.568. The molecule has 0 unspecified atom stereocenters. The molecule has 0 bridgehead atoms. The Labute approximate surface area is 93.6 Å². The number of nitrogens with zero attached hydrogens (tertiary/aromatic N) is 3. The lowest BCUT2D eigenvalue weighted by molar-refractivity contribution is 1.15. The first-order valence-electron chi connectivity index (χ1n) is 4.84. The summed E-state index contributed by atoms with van der Waals surface area (Å²) in [7, 11) is 1.76. The zero-order valence-electron chi connectivity index (χ0n) is 8.81. The molecule has 1 aromatic carbocycles. The number of benzene rings is 1. The summed E-state index contributed by atoms with van der Waals surface area (Å²) in [5.41, 5.74) is 2.33. The molecule has 0 radical (unpaired) electrons. The Morgan fingerprint density at radius 1 is 1.19 bits per heavy atom. The molecule has 0 fully saturated rings. The molecule has 4 heteroatoms. The summed E-state index contributed by atoms with van der Waals surface area (Å²) in [6.07, 6.45) is 3.41. The Morgan fingerprint density at radius 2 is 1.88 bits per heavy atom. The second-order valence-electron chi connectivity index (χ2n) is 3.20. The molecule has 0 aliphatic rings. The average molecular weight is 210 g/mol. The van der Waals surface area contributed by atoms with E-state index in [1.165, 1.54) is 0 Å². The van der Waals surface area contributed by atoms with Gasteiger partial charge in [-0.25, -0.2) is 9.97 Å². The Morgan fingerprint density at radius 3 is 2.50 bits per heavy atom. The lowest BCUT2D eigenvalue weighted by Gasteiger charge is -2.03. The first-order chi connectivity index (χ1) is 7.85. The smallest absolute Gasteiger partial charge is 0.222 e. The highest BCUT2D eigenvalue weighted by Crippen LogP contribution is 2.21. The van der Waals surface area contributed by atoms with Crippen molar-refractivity contribution in [2.24, 2.45) is 0 Å². The van der Waals surface area contributed by atoms with E-state index in [1.54, 1.807) is 25.5 Å². The summed E-state index contributed by atoms with van der Waals surface area (Å²) in [6.45, 7) is 0. The highest BCUT2D eigenvalue weighted by molar-refractivity contribution is 5.69. The minimum absolute atomic E-state index is 0.568. The third-order valence-electron chi connectivity index (χ3n) is 2.23. The maximum Gasteiger partial charge on any atom is 0.222 e. The van der Waals surface area contributed by atoms with E-state index >= 15 is 0 Å². The van der Waals surface area contributed by atoms with Crippen LogP contribution in [0.15, 0.2) is 36.7 Å². The van der Waals surface area contributed by atoms with E-state index in [0.29, 0.717) is 11.5 Å². The topological polar surface area (TPSA) is 61.6 Å². The van der Waals surface area contributed by atoms with Gasteiger partial charge in [0, 0.05) is 30.6 Å². The molecule has 2 rings (SSSR count). The Balaban J connectivity index is 2.47. The number of nitrogens with one attached hydrogen (secondary N) is 1. The summed E-state index contributed by atoms with van der Waals surface area (Å²) >= 11 is 0. The van der Waals surface area contributed by atoms with Gasteiger partial charge in [-0.05, 0) is 6.07 Å². The highest BCUT2D eigenvalue weighted by atomic mass is 15.1. The number of hydrogen-bond donors (Lipinski definition) is 1. The van der Waals surface area contributed by atoms with Crippen LogP contribution >= 0.6 is 0 Å². The van der Waals surface area contributed by atoms with Gasteiger partial charge in [-0.2, -0.15) is 5.26 Å². The van der Waals surface area contributed by atoms with E-state index in [-0.39, 0.29) is 0 Å². The predicted octanol–water partition coefficient (Wildman–Crippen LogP) is 2.06. The third-order valence-corrected chi connectivity index (χ3v) is 2.23. The van der Waals surface area contributed by atoms with E-state index < -0.39 is 0 Å². The lowest BCUT2D eigenvalue weighted by atomic mass is 10.0. The van der Waals surface area contributed by atoms with Crippen LogP contribution < -0.4 is 5.32 Å². The maximum absolute atomic E-state index is 8.98. The van der Waals surface area contributed by atoms with Crippen molar-refractivity contribution in [3.63, 3.8) is 0 Å². The molecule has 0 saturated carbocycles. The minimum Gasteiger partial charge on any atom is -0.357 e. The first kappa shape index (κ1) is 10.1. The maximum atomic E-state index is 8.98. The van der Waals surface area contributed by atoms with E-state index in [1.807, 2.05) is 18.2 Å². The Kier molecular flexibility index (Phi) is 2.79. The van der Waals surface area contributed by atoms with Crippen molar-refractivity contribution in [3.05, 3.63) is 42.2 Å². The predicted molar refractivity (Wildman–Crippen MR) is 61.7 cm³/mol. The van der Waals surface area contributed by atoms with Gasteiger partial charge in [0.1, 0.15) is 0 Å². The molecule has 1 heterocycles. The van der Waals surface area contributed by atoms with Crippen LogP contribution in [0.5, 0.6) is 0 Å². The van der Waals surface area contributed by atoms with Crippen molar-refractivity contribution in [1.29, 1.82) is 5.26 Å². The van der Waals surface area contributed by atoms with Crippen LogP contribution in [0, 0.1) is 11.3 Å². The van der Waals surface area contributed by atoms with Gasteiger partial charge in [0.2, 0.25) is 5.95 Å². The summed E-state index contributed by atoms with van der Waals surface area (Å²) in [5.74, 6) is 0.568. The molecule has 1 N–H and O–H groups in total. The standard InChI is InChI=1S/C12H10N4/c1-14-12-15-7-10(8-16-12)11-5-3-2-4-9(11)6-13/h2-5,7-8H,1H3,(H,14,15,16). The molecule has 1 aromatic heterocycles. The zero-order chi connectivity index (χ0) is 11.4. The van der Waals surface area contributed by atoms with Gasteiger partial charge in [0.25, 0.3) is 0 Å². The van der Waals surface area contributed by atoms with Crippen LogP contribution in [-0.2, 0) is 0 Å². The SMILES string of the molecule is CNc1ncc(-c2ccccc2C#N)cn1. The van der Waals surface area contributed by atoms with Crippen LogP contribution in [0.25, 0.3) is 11.1 Å². The molecule has 2 aromatic rings. The van der Waals surface area contributed by atoms with E-state index in [4.69, 9.17) is 5.26 Å². The van der Waals surface area contributed by atoms with E-state index in [2.05, 4.69) is 21.4 Å². The van der Waals surface area contributed by atoms with Crippen LogP contribution in [0.4, 0.5) is 5.95 Å². The number of anilines is 1. The quantitative estimate of drug-likeness (QED) is 0.824. The fourth-order valence-electron chi connectivity index (χ4n) is 1.43. The second-order valence-corrected chi connectivity index (χ2v) is 3.20. The Hall–Kier alpha value is -2.41. The van der Waals surface area contributed by atoms with Gasteiger partial charge in [-0.15, -0.1) is 0 Å². The van der Waals surface area contributed by atoms with Gasteiger partial charge in [-0.1, -0.05) is 18.2 Å². The lowest BCUT2D eigenvalue weighted by Crippen LogP contribution is -1.95. The third kappa shape index (κ3) is 1.84. The fourth-order valence-corrected chi connectivity index (χ4v) is 1.43.